The molecule has 2 heterocycles. The van der Waals surface area contributed by atoms with Gasteiger partial charge in [-0.3, -0.25) is 4.68 Å². The first kappa shape index (κ1) is 19.1. The number of nitrogens with zero attached hydrogens (tertiary/aromatic N) is 2. The van der Waals surface area contributed by atoms with Gasteiger partial charge in [0.2, 0.25) is 10.0 Å². The van der Waals surface area contributed by atoms with Crippen molar-refractivity contribution in [1.29, 1.82) is 0 Å². The Morgan fingerprint density at radius 2 is 1.88 bits per heavy atom. The highest BCUT2D eigenvalue weighted by Crippen LogP contribution is 2.29. The summed E-state index contributed by atoms with van der Waals surface area (Å²) in [6, 6.07) is 8.60. The van der Waals surface area contributed by atoms with Crippen molar-refractivity contribution in [1.82, 2.24) is 14.5 Å². The molecule has 26 heavy (non-hydrogen) atoms. The Bertz CT molecular complexity index is 1010. The maximum Gasteiger partial charge on any atom is 0.244 e. The number of aromatic nitrogens is 2. The third kappa shape index (κ3) is 3.70. The summed E-state index contributed by atoms with van der Waals surface area (Å²) in [7, 11) is -6.87. The Balaban J connectivity index is 1.91. The van der Waals surface area contributed by atoms with E-state index in [2.05, 4.69) is 9.82 Å². The van der Waals surface area contributed by atoms with Crippen molar-refractivity contribution in [3.05, 3.63) is 47.3 Å². The van der Waals surface area contributed by atoms with Gasteiger partial charge in [-0.05, 0) is 32.8 Å². The molecule has 0 saturated carbocycles. The van der Waals surface area contributed by atoms with E-state index in [4.69, 9.17) is 0 Å². The van der Waals surface area contributed by atoms with Crippen LogP contribution in [0.3, 0.4) is 0 Å². The lowest BCUT2D eigenvalue weighted by Crippen LogP contribution is -2.28. The van der Waals surface area contributed by atoms with Crippen molar-refractivity contribution in [3.63, 3.8) is 0 Å². The smallest absolute Gasteiger partial charge is 0.244 e. The van der Waals surface area contributed by atoms with Crippen molar-refractivity contribution in [2.45, 2.75) is 44.2 Å². The molecule has 1 saturated heterocycles. The van der Waals surface area contributed by atoms with Gasteiger partial charge in [0.05, 0.1) is 28.9 Å². The number of sulfonamides is 1. The summed E-state index contributed by atoms with van der Waals surface area (Å²) in [6.45, 7) is 5.09. The van der Waals surface area contributed by atoms with E-state index in [-0.39, 0.29) is 22.4 Å². The zero-order valence-corrected chi connectivity index (χ0v) is 16.6. The molecular weight excluding hydrogens is 374 g/mol. The zero-order valence-electron chi connectivity index (χ0n) is 15.0. The molecule has 0 aliphatic carbocycles. The standard InChI is InChI=1S/C17H23N3O4S2/c1-12(15-7-5-4-6-8-15)19-26(23,24)17-13(2)18-20(14(17)3)16-9-10-25(21,22)11-16/h4-8,12,16,19H,9-11H2,1-3H3/t12-,16+/m0/s1. The highest BCUT2D eigenvalue weighted by Gasteiger charge is 2.34. The summed E-state index contributed by atoms with van der Waals surface area (Å²) in [6.07, 6.45) is 0.456. The molecular formula is C17H23N3O4S2. The Labute approximate surface area is 154 Å². The topological polar surface area (TPSA) is 98.1 Å². The van der Waals surface area contributed by atoms with Crippen molar-refractivity contribution >= 4 is 19.9 Å². The lowest BCUT2D eigenvalue weighted by molar-refractivity contribution is 0.484. The predicted molar refractivity (Wildman–Crippen MR) is 99.2 cm³/mol. The average molecular weight is 398 g/mol. The van der Waals surface area contributed by atoms with E-state index in [0.29, 0.717) is 17.8 Å². The van der Waals surface area contributed by atoms with Crippen LogP contribution in [0.25, 0.3) is 0 Å². The molecule has 1 aromatic heterocycles. The minimum Gasteiger partial charge on any atom is -0.264 e. The molecule has 142 valence electrons. The van der Waals surface area contributed by atoms with Gasteiger partial charge in [-0.1, -0.05) is 30.3 Å². The third-order valence-corrected chi connectivity index (χ3v) is 8.26. The molecule has 1 N–H and O–H groups in total. The van der Waals surface area contributed by atoms with Crippen LogP contribution in [0, 0.1) is 13.8 Å². The van der Waals surface area contributed by atoms with Crippen molar-refractivity contribution in [2.75, 3.05) is 11.5 Å². The zero-order chi connectivity index (χ0) is 19.1. The summed E-state index contributed by atoms with van der Waals surface area (Å²) in [5, 5.41) is 4.34. The van der Waals surface area contributed by atoms with Crippen LogP contribution in [-0.2, 0) is 19.9 Å². The summed E-state index contributed by atoms with van der Waals surface area (Å²) in [5.41, 5.74) is 1.71. The largest absolute Gasteiger partial charge is 0.264 e. The second kappa shape index (κ2) is 6.79. The van der Waals surface area contributed by atoms with Crippen molar-refractivity contribution < 1.29 is 16.8 Å². The second-order valence-electron chi connectivity index (χ2n) is 6.76. The molecule has 7 nitrogen and oxygen atoms in total. The second-order valence-corrected chi connectivity index (χ2v) is 10.6. The SMILES string of the molecule is Cc1nn([C@@H]2CCS(=O)(=O)C2)c(C)c1S(=O)(=O)N[C@@H](C)c1ccccc1. The average Bonchev–Trinajstić information content (AvgIpc) is 3.06. The first-order valence-corrected chi connectivity index (χ1v) is 11.7. The number of rotatable bonds is 5. The number of hydrogen-bond donors (Lipinski definition) is 1. The van der Waals surface area contributed by atoms with Crippen LogP contribution in [0.5, 0.6) is 0 Å². The fourth-order valence-electron chi connectivity index (χ4n) is 3.46. The van der Waals surface area contributed by atoms with Gasteiger partial charge in [-0.15, -0.1) is 0 Å². The van der Waals surface area contributed by atoms with Crippen LogP contribution < -0.4 is 4.72 Å². The number of aryl methyl sites for hydroxylation is 1. The summed E-state index contributed by atoms with van der Waals surface area (Å²) < 4.78 is 53.6. The maximum absolute atomic E-state index is 12.9. The molecule has 0 radical (unpaired) electrons. The van der Waals surface area contributed by atoms with Gasteiger partial charge < -0.3 is 0 Å². The van der Waals surface area contributed by atoms with Crippen molar-refractivity contribution in [2.24, 2.45) is 0 Å². The quantitative estimate of drug-likeness (QED) is 0.831. The molecule has 1 aliphatic heterocycles. The molecule has 0 bridgehead atoms. The van der Waals surface area contributed by atoms with Gasteiger partial charge in [-0.25, -0.2) is 21.6 Å². The summed E-state index contributed by atoms with van der Waals surface area (Å²) in [5.74, 6) is 0.115. The lowest BCUT2D eigenvalue weighted by Gasteiger charge is -2.15. The first-order valence-electron chi connectivity index (χ1n) is 8.44. The molecule has 0 amide bonds. The highest BCUT2D eigenvalue weighted by atomic mass is 32.2. The van der Waals surface area contributed by atoms with E-state index in [1.165, 1.54) is 0 Å². The maximum atomic E-state index is 12.9. The number of hydrogen-bond acceptors (Lipinski definition) is 5. The lowest BCUT2D eigenvalue weighted by atomic mass is 10.1. The highest BCUT2D eigenvalue weighted by molar-refractivity contribution is 7.91. The Hall–Kier alpha value is -1.71. The van der Waals surface area contributed by atoms with E-state index in [1.54, 1.807) is 25.5 Å². The summed E-state index contributed by atoms with van der Waals surface area (Å²) >= 11 is 0. The molecule has 1 aliphatic rings. The molecule has 9 heteroatoms. The van der Waals surface area contributed by atoms with Crippen LogP contribution in [0.4, 0.5) is 0 Å². The van der Waals surface area contributed by atoms with Crippen LogP contribution >= 0.6 is 0 Å². The fourth-order valence-corrected chi connectivity index (χ4v) is 6.79. The van der Waals surface area contributed by atoms with Gasteiger partial charge in [0.15, 0.2) is 9.84 Å². The van der Waals surface area contributed by atoms with Crippen LogP contribution in [0.1, 0.15) is 42.4 Å². The molecule has 3 rings (SSSR count). The third-order valence-electron chi connectivity index (χ3n) is 4.71. The first-order chi connectivity index (χ1) is 12.1. The molecule has 0 spiro atoms. The molecule has 2 aromatic rings. The molecule has 0 unspecified atom stereocenters. The van der Waals surface area contributed by atoms with E-state index in [1.807, 2.05) is 30.3 Å². The predicted octanol–water partition coefficient (Wildman–Crippen LogP) is 1.90. The van der Waals surface area contributed by atoms with Gasteiger partial charge in [-0.2, -0.15) is 5.10 Å². The number of sulfone groups is 1. The van der Waals surface area contributed by atoms with Gasteiger partial charge >= 0.3 is 0 Å². The minimum absolute atomic E-state index is 0.00228. The van der Waals surface area contributed by atoms with Crippen LogP contribution in [0.2, 0.25) is 0 Å². The number of nitrogens with one attached hydrogen (secondary N) is 1. The Kier molecular flexibility index (Phi) is 4.98. The Morgan fingerprint density at radius 1 is 1.23 bits per heavy atom. The monoisotopic (exact) mass is 397 g/mol. The summed E-state index contributed by atoms with van der Waals surface area (Å²) in [4.78, 5) is 0.129. The molecule has 2 atom stereocenters. The Morgan fingerprint density at radius 3 is 2.46 bits per heavy atom. The minimum atomic E-state index is -3.79. The van der Waals surface area contributed by atoms with E-state index in [9.17, 15) is 16.8 Å². The number of benzene rings is 1. The fraction of sp³-hybridized carbons (Fsp3) is 0.471. The normalized spacial score (nSPS) is 21.0. The van der Waals surface area contributed by atoms with E-state index < -0.39 is 25.9 Å². The molecule has 1 fully saturated rings. The van der Waals surface area contributed by atoms with Gasteiger partial charge in [0, 0.05) is 6.04 Å². The van der Waals surface area contributed by atoms with Gasteiger partial charge in [0.25, 0.3) is 0 Å². The molecule has 1 aromatic carbocycles. The van der Waals surface area contributed by atoms with Crippen LogP contribution in [0.15, 0.2) is 35.2 Å². The van der Waals surface area contributed by atoms with Crippen LogP contribution in [-0.4, -0.2) is 38.1 Å². The van der Waals surface area contributed by atoms with E-state index in [0.717, 1.165) is 5.56 Å². The van der Waals surface area contributed by atoms with Crippen molar-refractivity contribution in [3.8, 4) is 0 Å². The van der Waals surface area contributed by atoms with Gasteiger partial charge in [0.1, 0.15) is 4.90 Å². The van der Waals surface area contributed by atoms with E-state index >= 15 is 0 Å².